The molecule has 0 bridgehead atoms. The zero-order chi connectivity index (χ0) is 43.6. The first-order valence-electron chi connectivity index (χ1n) is 19.6. The fourth-order valence-corrected chi connectivity index (χ4v) is 7.58. The number of aliphatic hydroxyl groups is 12. The van der Waals surface area contributed by atoms with Gasteiger partial charge in [0.25, 0.3) is 0 Å². The van der Waals surface area contributed by atoms with Crippen LogP contribution in [0.2, 0.25) is 0 Å². The van der Waals surface area contributed by atoms with Crippen LogP contribution in [0.15, 0.2) is 0 Å². The van der Waals surface area contributed by atoms with Crippen molar-refractivity contribution in [2.45, 2.75) is 195 Å². The number of nitrogens with one attached hydrogen (secondary N) is 1. The highest BCUT2D eigenvalue weighted by Gasteiger charge is 2.57. The lowest BCUT2D eigenvalue weighted by atomic mass is 9.94. The highest BCUT2D eigenvalue weighted by atomic mass is 16.8. The van der Waals surface area contributed by atoms with Crippen molar-refractivity contribution in [1.29, 1.82) is 0 Å². The molecule has 0 aromatic heterocycles. The Morgan fingerprint density at radius 2 is 0.932 bits per heavy atom. The number of hydrogen-bond donors (Lipinski definition) is 13. The zero-order valence-corrected chi connectivity index (χ0v) is 33.1. The molecule has 5 aliphatic rings. The van der Waals surface area contributed by atoms with Crippen LogP contribution in [0, 0.1) is 0 Å². The fourth-order valence-electron chi connectivity index (χ4n) is 7.58. The Morgan fingerprint density at radius 3 is 1.51 bits per heavy atom. The van der Waals surface area contributed by atoms with Gasteiger partial charge in [-0.25, -0.2) is 0 Å². The zero-order valence-electron chi connectivity index (χ0n) is 33.1. The van der Waals surface area contributed by atoms with Gasteiger partial charge in [-0.3, -0.25) is 4.79 Å². The van der Waals surface area contributed by atoms with Crippen molar-refractivity contribution < 1.29 is 113 Å². The SMILES string of the molecule is CCCO[C@@H]1OC(C)[C@H](O)[C@H](O[C@H]2O[C@@H](CO)[C@@H](O)C(O)C2O)C1O[C@@H]1OC(CO)[C@@H](O)[C@H](O[C@@H]2OC(C)[C@H](O)[C@H](O[C@@H]3OC(C)[C@H](O)[C@H](O)C3O)C2O)C1NC(C)=O. The lowest BCUT2D eigenvalue weighted by molar-refractivity contribution is -0.391. The van der Waals surface area contributed by atoms with Crippen molar-refractivity contribution in [3.63, 3.8) is 0 Å². The van der Waals surface area contributed by atoms with E-state index in [2.05, 4.69) is 5.32 Å². The standard InChI is InChI=1S/C35H61NO23/c1-6-7-50-35-30(29(19(42)12(4)53-35)58-33-25(48)23(46)20(43)14(8-37)55-33)59-31-16(36-13(5)39)27(21(44)15(9-38)54-31)56-34-26(49)28(18(41)11(3)52-34)57-32-24(47)22(45)17(40)10(2)51-32/h10-12,14-35,37-38,40-49H,6-9H2,1-5H3,(H,36,39)/t10?,11?,12?,14-,15?,16?,17-,18-,19-,20+,21+,22-,23?,24?,25?,26?,27+,28-,29-,30?,31-,32-,33+,34-,35+/m0/s1. The monoisotopic (exact) mass is 863 g/mol. The number of carbonyl (C=O) groups is 1. The van der Waals surface area contributed by atoms with E-state index in [1.807, 2.05) is 0 Å². The number of aliphatic hydroxyl groups excluding tert-OH is 12. The van der Waals surface area contributed by atoms with E-state index in [1.54, 1.807) is 6.92 Å². The second-order valence-corrected chi connectivity index (χ2v) is 15.5. The van der Waals surface area contributed by atoms with Gasteiger partial charge >= 0.3 is 0 Å². The second-order valence-electron chi connectivity index (χ2n) is 15.5. The quantitative estimate of drug-likeness (QED) is 0.0771. The van der Waals surface area contributed by atoms with Crippen LogP contribution in [-0.2, 0) is 52.2 Å². The van der Waals surface area contributed by atoms with Gasteiger partial charge in [0.2, 0.25) is 5.91 Å². The average molecular weight is 864 g/mol. The first-order chi connectivity index (χ1) is 27.8. The summed E-state index contributed by atoms with van der Waals surface area (Å²) in [7, 11) is 0. The summed E-state index contributed by atoms with van der Waals surface area (Å²) in [5.74, 6) is -0.717. The molecule has 13 N–H and O–H groups in total. The summed E-state index contributed by atoms with van der Waals surface area (Å²) >= 11 is 0. The Balaban J connectivity index is 1.44. The van der Waals surface area contributed by atoms with E-state index in [1.165, 1.54) is 20.8 Å². The van der Waals surface area contributed by atoms with E-state index in [0.29, 0.717) is 6.42 Å². The van der Waals surface area contributed by atoms with Crippen LogP contribution in [0.3, 0.4) is 0 Å². The summed E-state index contributed by atoms with van der Waals surface area (Å²) in [6, 6.07) is -1.56. The van der Waals surface area contributed by atoms with Gasteiger partial charge in [-0.2, -0.15) is 0 Å². The van der Waals surface area contributed by atoms with Crippen molar-refractivity contribution >= 4 is 5.91 Å². The highest BCUT2D eigenvalue weighted by Crippen LogP contribution is 2.36. The molecular weight excluding hydrogens is 802 g/mol. The number of hydrogen-bond acceptors (Lipinski definition) is 23. The van der Waals surface area contributed by atoms with Crippen molar-refractivity contribution in [2.75, 3.05) is 19.8 Å². The van der Waals surface area contributed by atoms with E-state index >= 15 is 0 Å². The maximum Gasteiger partial charge on any atom is 0.217 e. The topological polar surface area (TPSA) is 364 Å². The molecule has 0 radical (unpaired) electrons. The van der Waals surface area contributed by atoms with Gasteiger partial charge in [0, 0.05) is 13.5 Å². The number of carbonyl (C=O) groups excluding carboxylic acids is 1. The van der Waals surface area contributed by atoms with Crippen LogP contribution in [0.4, 0.5) is 0 Å². The minimum absolute atomic E-state index is 0.0794. The van der Waals surface area contributed by atoms with Gasteiger partial charge in [0.1, 0.15) is 104 Å². The molecule has 0 spiro atoms. The molecule has 5 heterocycles. The third-order valence-corrected chi connectivity index (χ3v) is 11.1. The molecule has 344 valence electrons. The molecule has 24 heteroatoms. The Hall–Kier alpha value is -1.41. The van der Waals surface area contributed by atoms with Gasteiger partial charge < -0.3 is 114 Å². The van der Waals surface area contributed by atoms with E-state index in [4.69, 9.17) is 47.4 Å². The van der Waals surface area contributed by atoms with Crippen molar-refractivity contribution in [3.05, 3.63) is 0 Å². The van der Waals surface area contributed by atoms with Crippen molar-refractivity contribution in [3.8, 4) is 0 Å². The molecule has 1 amide bonds. The summed E-state index contributed by atoms with van der Waals surface area (Å²) in [6.45, 7) is 5.59. The number of rotatable bonds is 14. The average Bonchev–Trinajstić information content (AvgIpc) is 3.20. The largest absolute Gasteiger partial charge is 0.394 e. The molecule has 5 rings (SSSR count). The summed E-state index contributed by atoms with van der Waals surface area (Å²) in [4.78, 5) is 12.7. The molecule has 24 nitrogen and oxygen atoms in total. The molecule has 59 heavy (non-hydrogen) atoms. The molecule has 0 aromatic carbocycles. The number of amides is 1. The smallest absolute Gasteiger partial charge is 0.217 e. The van der Waals surface area contributed by atoms with Gasteiger partial charge in [0.05, 0.1) is 31.5 Å². The van der Waals surface area contributed by atoms with Crippen molar-refractivity contribution in [2.24, 2.45) is 0 Å². The third-order valence-electron chi connectivity index (χ3n) is 11.1. The lowest BCUT2D eigenvalue weighted by Crippen LogP contribution is -2.70. The minimum Gasteiger partial charge on any atom is -0.394 e. The molecule has 0 aromatic rings. The Bertz CT molecular complexity index is 1320. The van der Waals surface area contributed by atoms with Gasteiger partial charge in [-0.05, 0) is 27.2 Å². The number of ether oxygens (including phenoxy) is 10. The molecule has 5 saturated heterocycles. The van der Waals surface area contributed by atoms with E-state index in [0.717, 1.165) is 6.92 Å². The summed E-state index contributed by atoms with van der Waals surface area (Å²) in [5, 5.41) is 131. The van der Waals surface area contributed by atoms with E-state index in [9.17, 15) is 66.1 Å². The predicted octanol–water partition coefficient (Wildman–Crippen LogP) is -7.26. The highest BCUT2D eigenvalue weighted by molar-refractivity contribution is 5.73. The molecule has 5 fully saturated rings. The first kappa shape index (κ1) is 48.6. The summed E-state index contributed by atoms with van der Waals surface area (Å²) in [6.07, 6.45) is -37.9. The Kier molecular flexibility index (Phi) is 17.2. The maximum absolute atomic E-state index is 12.7. The molecular formula is C35H61NO23. The summed E-state index contributed by atoms with van der Waals surface area (Å²) < 4.78 is 58.8. The van der Waals surface area contributed by atoms with Crippen LogP contribution in [0.25, 0.3) is 0 Å². The normalized spacial score (nSPS) is 51.0. The minimum atomic E-state index is -1.93. The molecule has 10 unspecified atom stereocenters. The van der Waals surface area contributed by atoms with Gasteiger partial charge in [-0.1, -0.05) is 6.92 Å². The molecule has 25 atom stereocenters. The summed E-state index contributed by atoms with van der Waals surface area (Å²) in [5.41, 5.74) is 0. The van der Waals surface area contributed by atoms with Crippen LogP contribution in [0.1, 0.15) is 41.0 Å². The van der Waals surface area contributed by atoms with Gasteiger partial charge in [0.15, 0.2) is 31.5 Å². The predicted molar refractivity (Wildman–Crippen MR) is 188 cm³/mol. The van der Waals surface area contributed by atoms with Crippen LogP contribution in [0.5, 0.6) is 0 Å². The molecule has 0 saturated carbocycles. The van der Waals surface area contributed by atoms with Crippen LogP contribution < -0.4 is 5.32 Å². The first-order valence-corrected chi connectivity index (χ1v) is 19.6. The van der Waals surface area contributed by atoms with Crippen LogP contribution in [-0.4, -0.2) is 240 Å². The van der Waals surface area contributed by atoms with E-state index < -0.39 is 173 Å². The third kappa shape index (κ3) is 10.5. The lowest BCUT2D eigenvalue weighted by Gasteiger charge is -2.51. The van der Waals surface area contributed by atoms with E-state index in [-0.39, 0.29) is 6.61 Å². The van der Waals surface area contributed by atoms with Crippen LogP contribution >= 0.6 is 0 Å². The molecule has 0 aliphatic carbocycles. The van der Waals surface area contributed by atoms with Crippen molar-refractivity contribution in [1.82, 2.24) is 5.32 Å². The van der Waals surface area contributed by atoms with Gasteiger partial charge in [-0.15, -0.1) is 0 Å². The molecule has 5 aliphatic heterocycles. The Morgan fingerprint density at radius 1 is 0.492 bits per heavy atom. The maximum atomic E-state index is 12.7. The fraction of sp³-hybridized carbons (Fsp3) is 0.971. The Labute approximate surface area is 338 Å². The second kappa shape index (κ2) is 20.8.